The molecule has 1 fully saturated rings. The number of hydrogen-bond acceptors (Lipinski definition) is 6. The first-order valence-electron chi connectivity index (χ1n) is 8.57. The Morgan fingerprint density at radius 3 is 2.68 bits per heavy atom. The highest BCUT2D eigenvalue weighted by atomic mass is 32.2. The molecule has 0 spiro atoms. The fourth-order valence-electron chi connectivity index (χ4n) is 2.92. The molecule has 2 N–H and O–H groups in total. The zero-order chi connectivity index (χ0) is 17.9. The number of anilines is 1. The summed E-state index contributed by atoms with van der Waals surface area (Å²) in [7, 11) is -2.93. The lowest BCUT2D eigenvalue weighted by Crippen LogP contribution is -2.24. The third-order valence-electron chi connectivity index (χ3n) is 4.28. The normalized spacial score (nSPS) is 23.8. The number of unbranched alkanes of at least 4 members (excludes halogenated alkanes) is 2. The van der Waals surface area contributed by atoms with Gasteiger partial charge in [0.15, 0.2) is 15.0 Å². The smallest absolute Gasteiger partial charge is 0.251 e. The molecule has 8 heteroatoms. The van der Waals surface area contributed by atoms with Gasteiger partial charge < -0.3 is 10.6 Å². The number of nitrogens with zero attached hydrogens (tertiary/aromatic N) is 1. The molecule has 1 aromatic carbocycles. The van der Waals surface area contributed by atoms with Gasteiger partial charge in [-0.1, -0.05) is 31.5 Å². The quantitative estimate of drug-likeness (QED) is 0.738. The van der Waals surface area contributed by atoms with Crippen LogP contribution in [0.3, 0.4) is 0 Å². The molecule has 1 saturated heterocycles. The summed E-state index contributed by atoms with van der Waals surface area (Å²) in [4.78, 5) is 16.5. The molecule has 0 aromatic heterocycles. The highest BCUT2D eigenvalue weighted by molar-refractivity contribution is 8.15. The summed E-state index contributed by atoms with van der Waals surface area (Å²) in [6, 6.07) is 7.11. The van der Waals surface area contributed by atoms with E-state index < -0.39 is 9.84 Å². The highest BCUT2D eigenvalue weighted by Gasteiger charge is 2.42. The van der Waals surface area contributed by atoms with Crippen LogP contribution in [0.1, 0.15) is 36.5 Å². The Labute approximate surface area is 152 Å². The van der Waals surface area contributed by atoms with Crippen molar-refractivity contribution in [3.8, 4) is 0 Å². The van der Waals surface area contributed by atoms with E-state index in [2.05, 4.69) is 22.5 Å². The fourth-order valence-corrected chi connectivity index (χ4v) is 6.60. The van der Waals surface area contributed by atoms with Crippen LogP contribution in [0.2, 0.25) is 0 Å². The van der Waals surface area contributed by atoms with E-state index in [1.807, 2.05) is 12.1 Å². The van der Waals surface area contributed by atoms with Crippen LogP contribution in [0.25, 0.3) is 0 Å². The summed E-state index contributed by atoms with van der Waals surface area (Å²) in [5, 5.41) is 6.91. The van der Waals surface area contributed by atoms with Crippen LogP contribution in [0.5, 0.6) is 0 Å². The van der Waals surface area contributed by atoms with E-state index in [1.54, 1.807) is 12.1 Å². The maximum Gasteiger partial charge on any atom is 0.251 e. The van der Waals surface area contributed by atoms with Crippen LogP contribution >= 0.6 is 11.8 Å². The summed E-state index contributed by atoms with van der Waals surface area (Å²) in [5.74, 6) is 0.288. The molecule has 0 aliphatic carbocycles. The maximum atomic E-state index is 12.0. The molecule has 2 atom stereocenters. The van der Waals surface area contributed by atoms with Gasteiger partial charge in [0.1, 0.15) is 0 Å². The molecule has 2 heterocycles. The molecule has 6 nitrogen and oxygen atoms in total. The van der Waals surface area contributed by atoms with E-state index >= 15 is 0 Å². The number of fused-ring (bicyclic) bond motifs is 1. The Morgan fingerprint density at radius 1 is 1.24 bits per heavy atom. The molecule has 0 bridgehead atoms. The van der Waals surface area contributed by atoms with E-state index in [9.17, 15) is 13.2 Å². The molecule has 0 saturated carbocycles. The number of amides is 1. The van der Waals surface area contributed by atoms with Gasteiger partial charge in [0.25, 0.3) is 5.91 Å². The number of aliphatic imine (C=N–C) groups is 1. The van der Waals surface area contributed by atoms with Crippen LogP contribution in [0.4, 0.5) is 5.69 Å². The lowest BCUT2D eigenvalue weighted by Gasteiger charge is -2.08. The molecule has 0 unspecified atom stereocenters. The standard InChI is InChI=1S/C17H23N3O3S2/c1-2-3-4-9-18-16(21)12-5-7-13(8-6-12)19-17-20-14-10-25(22,23)11-15(14)24-17/h5-8,14-15H,2-4,9-11H2,1H3,(H,18,21)(H,19,20)/t14-,15+/m0/s1. The zero-order valence-electron chi connectivity index (χ0n) is 14.2. The summed E-state index contributed by atoms with van der Waals surface area (Å²) < 4.78 is 23.2. The van der Waals surface area contributed by atoms with Gasteiger partial charge in [0.2, 0.25) is 0 Å². The van der Waals surface area contributed by atoms with E-state index in [4.69, 9.17) is 0 Å². The third kappa shape index (κ3) is 4.76. The maximum absolute atomic E-state index is 12.0. The number of amidine groups is 1. The van der Waals surface area contributed by atoms with Gasteiger partial charge in [-0.2, -0.15) is 0 Å². The molecular formula is C17H23N3O3S2. The van der Waals surface area contributed by atoms with Crippen molar-refractivity contribution in [1.29, 1.82) is 0 Å². The van der Waals surface area contributed by atoms with Crippen LogP contribution in [0, 0.1) is 0 Å². The number of benzene rings is 1. The van der Waals surface area contributed by atoms with Gasteiger partial charge in [-0.3, -0.25) is 9.79 Å². The van der Waals surface area contributed by atoms with Crippen LogP contribution in [-0.4, -0.2) is 48.8 Å². The van der Waals surface area contributed by atoms with Gasteiger partial charge >= 0.3 is 0 Å². The second-order valence-corrected chi connectivity index (χ2v) is 9.78. The van der Waals surface area contributed by atoms with Crippen molar-refractivity contribution < 1.29 is 13.2 Å². The molecule has 0 radical (unpaired) electrons. The lowest BCUT2D eigenvalue weighted by molar-refractivity contribution is 0.0953. The number of thioether (sulfide) groups is 1. The SMILES string of the molecule is CCCCCNC(=O)c1ccc(NC2=N[C@H]3CS(=O)(=O)C[C@H]3S2)cc1. The van der Waals surface area contributed by atoms with Crippen molar-refractivity contribution in [1.82, 2.24) is 5.32 Å². The van der Waals surface area contributed by atoms with Crippen molar-refractivity contribution in [3.05, 3.63) is 29.8 Å². The van der Waals surface area contributed by atoms with E-state index in [0.717, 1.165) is 30.1 Å². The summed E-state index contributed by atoms with van der Waals surface area (Å²) >= 11 is 1.49. The van der Waals surface area contributed by atoms with Gasteiger partial charge in [0, 0.05) is 23.0 Å². The first-order valence-corrected chi connectivity index (χ1v) is 11.3. The second-order valence-electron chi connectivity index (χ2n) is 6.40. The van der Waals surface area contributed by atoms with Crippen LogP contribution in [0.15, 0.2) is 29.3 Å². The van der Waals surface area contributed by atoms with Crippen molar-refractivity contribution in [2.75, 3.05) is 23.4 Å². The minimum Gasteiger partial charge on any atom is -0.352 e. The number of nitrogens with one attached hydrogen (secondary N) is 2. The van der Waals surface area contributed by atoms with E-state index in [-0.39, 0.29) is 28.7 Å². The average molecular weight is 382 g/mol. The first-order chi connectivity index (χ1) is 12.0. The van der Waals surface area contributed by atoms with Crippen molar-refractivity contribution in [2.45, 2.75) is 37.5 Å². The molecule has 2 aliphatic heterocycles. The monoisotopic (exact) mass is 381 g/mol. The Morgan fingerprint density at radius 2 is 2.00 bits per heavy atom. The first kappa shape index (κ1) is 18.3. The predicted octanol–water partition coefficient (Wildman–Crippen LogP) is 2.29. The average Bonchev–Trinajstić information content (AvgIpc) is 3.04. The number of sulfone groups is 1. The molecule has 136 valence electrons. The van der Waals surface area contributed by atoms with Gasteiger partial charge in [-0.25, -0.2) is 8.42 Å². The topological polar surface area (TPSA) is 87.6 Å². The van der Waals surface area contributed by atoms with Crippen molar-refractivity contribution in [3.63, 3.8) is 0 Å². The van der Waals surface area contributed by atoms with Crippen LogP contribution in [-0.2, 0) is 9.84 Å². The van der Waals surface area contributed by atoms with Gasteiger partial charge in [0.05, 0.1) is 17.5 Å². The molecule has 3 rings (SSSR count). The zero-order valence-corrected chi connectivity index (χ0v) is 15.8. The Kier molecular flexibility index (Phi) is 5.68. The van der Waals surface area contributed by atoms with Crippen molar-refractivity contribution >= 4 is 38.4 Å². The van der Waals surface area contributed by atoms with E-state index in [0.29, 0.717) is 12.1 Å². The predicted molar refractivity (Wildman–Crippen MR) is 103 cm³/mol. The second kappa shape index (κ2) is 7.78. The molecule has 2 aliphatic rings. The summed E-state index contributed by atoms with van der Waals surface area (Å²) in [5.41, 5.74) is 1.47. The van der Waals surface area contributed by atoms with E-state index in [1.165, 1.54) is 11.8 Å². The van der Waals surface area contributed by atoms with Gasteiger partial charge in [-0.05, 0) is 30.7 Å². The summed E-state index contributed by atoms with van der Waals surface area (Å²) in [6.45, 7) is 2.83. The molecular weight excluding hydrogens is 358 g/mol. The largest absolute Gasteiger partial charge is 0.352 e. The van der Waals surface area contributed by atoms with Crippen molar-refractivity contribution in [2.24, 2.45) is 4.99 Å². The lowest BCUT2D eigenvalue weighted by atomic mass is 10.2. The minimum absolute atomic E-state index is 0.0284. The van der Waals surface area contributed by atoms with Crippen LogP contribution < -0.4 is 10.6 Å². The number of hydrogen-bond donors (Lipinski definition) is 2. The highest BCUT2D eigenvalue weighted by Crippen LogP contribution is 2.34. The number of carbonyl (C=O) groups excluding carboxylic acids is 1. The fraction of sp³-hybridized carbons (Fsp3) is 0.529. The third-order valence-corrected chi connectivity index (χ3v) is 7.42. The Bertz CT molecular complexity index is 760. The van der Waals surface area contributed by atoms with Gasteiger partial charge in [-0.15, -0.1) is 0 Å². The number of carbonyl (C=O) groups is 1. The molecule has 1 aromatic rings. The summed E-state index contributed by atoms with van der Waals surface area (Å²) in [6.07, 6.45) is 3.25. The molecule has 1 amide bonds. The Hall–Kier alpha value is -1.54. The number of rotatable bonds is 6. The minimum atomic E-state index is -2.93. The molecule has 25 heavy (non-hydrogen) atoms. The Balaban J connectivity index is 1.52.